The second-order valence-corrected chi connectivity index (χ2v) is 11.8. The maximum absolute atomic E-state index is 14.1. The van der Waals surface area contributed by atoms with Crippen LogP contribution >= 0.6 is 0 Å². The van der Waals surface area contributed by atoms with Gasteiger partial charge in [-0.25, -0.2) is 9.97 Å². The van der Waals surface area contributed by atoms with Crippen molar-refractivity contribution in [2.75, 3.05) is 44.2 Å². The number of fused-ring (bicyclic) bond motifs is 2. The number of hydrogen-bond donors (Lipinski definition) is 1. The van der Waals surface area contributed by atoms with Gasteiger partial charge in [0.2, 0.25) is 5.88 Å². The van der Waals surface area contributed by atoms with Crippen LogP contribution in [0.25, 0.3) is 11.3 Å². The van der Waals surface area contributed by atoms with Crippen LogP contribution in [0.1, 0.15) is 61.1 Å². The molecule has 0 aliphatic carbocycles. The third-order valence-corrected chi connectivity index (χ3v) is 9.42. The number of rotatable bonds is 7. The minimum absolute atomic E-state index is 0.0125. The van der Waals surface area contributed by atoms with Crippen LogP contribution in [0, 0.1) is 5.92 Å². The van der Waals surface area contributed by atoms with Crippen molar-refractivity contribution in [3.8, 4) is 17.1 Å². The van der Waals surface area contributed by atoms with E-state index in [4.69, 9.17) is 9.72 Å². The van der Waals surface area contributed by atoms with Crippen LogP contribution in [0.4, 0.5) is 18.9 Å². The van der Waals surface area contributed by atoms with E-state index in [0.717, 1.165) is 37.4 Å². The van der Waals surface area contributed by atoms with Crippen molar-refractivity contribution in [3.63, 3.8) is 0 Å². The molecular formula is C33H38F3N5O2. The first-order chi connectivity index (χ1) is 20.7. The molecule has 7 nitrogen and oxygen atoms in total. The highest BCUT2D eigenvalue weighted by molar-refractivity contribution is 5.96. The molecule has 0 radical (unpaired) electrons. The summed E-state index contributed by atoms with van der Waals surface area (Å²) in [6, 6.07) is 13.7. The Balaban J connectivity index is 1.41. The molecular weight excluding hydrogens is 555 g/mol. The Morgan fingerprint density at radius 3 is 2.70 bits per heavy atom. The van der Waals surface area contributed by atoms with Crippen LogP contribution in [0.15, 0.2) is 54.7 Å². The van der Waals surface area contributed by atoms with Crippen LogP contribution in [-0.4, -0.2) is 66.1 Å². The zero-order valence-corrected chi connectivity index (χ0v) is 24.7. The predicted molar refractivity (Wildman–Crippen MR) is 159 cm³/mol. The van der Waals surface area contributed by atoms with E-state index < -0.39 is 17.2 Å². The Morgan fingerprint density at radius 1 is 1.12 bits per heavy atom. The number of amides is 1. The Morgan fingerprint density at radius 2 is 1.95 bits per heavy atom. The fourth-order valence-electron chi connectivity index (χ4n) is 7.35. The quantitative estimate of drug-likeness (QED) is 0.366. The molecule has 10 heteroatoms. The average Bonchev–Trinajstić information content (AvgIpc) is 3.53. The van der Waals surface area contributed by atoms with Crippen molar-refractivity contribution >= 4 is 11.6 Å². The molecule has 228 valence electrons. The van der Waals surface area contributed by atoms with Gasteiger partial charge in [0.1, 0.15) is 5.69 Å². The summed E-state index contributed by atoms with van der Waals surface area (Å²) >= 11 is 0. The van der Waals surface area contributed by atoms with Gasteiger partial charge in [-0.3, -0.25) is 4.79 Å². The zero-order chi connectivity index (χ0) is 30.2. The van der Waals surface area contributed by atoms with Gasteiger partial charge in [-0.05, 0) is 74.5 Å². The molecule has 2 saturated heterocycles. The number of alkyl halides is 3. The van der Waals surface area contributed by atoms with Gasteiger partial charge in [0, 0.05) is 49.5 Å². The maximum Gasteiger partial charge on any atom is 0.418 e. The van der Waals surface area contributed by atoms with E-state index in [2.05, 4.69) is 17.2 Å². The molecule has 2 unspecified atom stereocenters. The molecule has 1 N–H and O–H groups in total. The van der Waals surface area contributed by atoms with E-state index >= 15 is 0 Å². The Hall–Kier alpha value is -3.66. The lowest BCUT2D eigenvalue weighted by atomic mass is 9.62. The zero-order valence-electron chi connectivity index (χ0n) is 24.7. The number of carbonyl (C=O) groups excluding carboxylic acids is 1. The molecule has 3 aromatic rings. The molecule has 43 heavy (non-hydrogen) atoms. The third-order valence-electron chi connectivity index (χ3n) is 9.42. The topological polar surface area (TPSA) is 70.6 Å². The van der Waals surface area contributed by atoms with Gasteiger partial charge in [-0.15, -0.1) is 0 Å². The van der Waals surface area contributed by atoms with Crippen LogP contribution < -0.4 is 15.0 Å². The fraction of sp³-hybridized carbons (Fsp3) is 0.485. The number of anilines is 1. The third kappa shape index (κ3) is 5.46. The second kappa shape index (κ2) is 11.8. The molecule has 6 rings (SSSR count). The van der Waals surface area contributed by atoms with Crippen molar-refractivity contribution in [2.45, 2.75) is 57.2 Å². The molecule has 2 fully saturated rings. The lowest BCUT2D eigenvalue weighted by Crippen LogP contribution is -2.60. The van der Waals surface area contributed by atoms with E-state index in [-0.39, 0.29) is 23.6 Å². The molecule has 1 spiro atoms. The number of hydrogen-bond acceptors (Lipinski definition) is 6. The van der Waals surface area contributed by atoms with E-state index in [1.807, 2.05) is 41.0 Å². The Kier molecular flexibility index (Phi) is 8.06. The highest BCUT2D eigenvalue weighted by Crippen LogP contribution is 2.48. The highest BCUT2D eigenvalue weighted by atomic mass is 19.4. The normalized spacial score (nSPS) is 24.0. The number of pyridine rings is 2. The maximum atomic E-state index is 14.1. The van der Waals surface area contributed by atoms with Crippen LogP contribution in [0.2, 0.25) is 0 Å². The minimum atomic E-state index is -4.44. The molecule has 3 atom stereocenters. The lowest BCUT2D eigenvalue weighted by molar-refractivity contribution is -0.137. The van der Waals surface area contributed by atoms with Gasteiger partial charge in [-0.2, -0.15) is 13.2 Å². The first-order valence-corrected chi connectivity index (χ1v) is 15.3. The molecule has 0 bridgehead atoms. The van der Waals surface area contributed by atoms with Gasteiger partial charge in [-0.1, -0.05) is 31.5 Å². The van der Waals surface area contributed by atoms with Crippen LogP contribution in [-0.2, 0) is 11.6 Å². The Bertz CT molecular complexity index is 1470. The van der Waals surface area contributed by atoms with E-state index in [0.29, 0.717) is 62.0 Å². The van der Waals surface area contributed by atoms with Crippen molar-refractivity contribution in [1.82, 2.24) is 20.2 Å². The molecule has 3 aliphatic rings. The van der Waals surface area contributed by atoms with Crippen molar-refractivity contribution < 1.29 is 22.7 Å². The van der Waals surface area contributed by atoms with Crippen LogP contribution in [0.3, 0.4) is 0 Å². The fourth-order valence-corrected chi connectivity index (χ4v) is 7.35. The highest BCUT2D eigenvalue weighted by Gasteiger charge is 2.51. The van der Waals surface area contributed by atoms with Gasteiger partial charge < -0.3 is 19.9 Å². The van der Waals surface area contributed by atoms with Gasteiger partial charge in [0.25, 0.3) is 5.91 Å². The largest absolute Gasteiger partial charge is 0.477 e. The number of para-hydroxylation sites is 1. The number of benzene rings is 1. The molecule has 2 aromatic heterocycles. The summed E-state index contributed by atoms with van der Waals surface area (Å²) in [5, 5.41) is 3.52. The van der Waals surface area contributed by atoms with Crippen molar-refractivity contribution in [3.05, 3.63) is 71.5 Å². The molecule has 3 aliphatic heterocycles. The van der Waals surface area contributed by atoms with E-state index in [1.165, 1.54) is 6.07 Å². The lowest BCUT2D eigenvalue weighted by Gasteiger charge is -2.53. The smallest absolute Gasteiger partial charge is 0.418 e. The molecule has 0 saturated carbocycles. The van der Waals surface area contributed by atoms with E-state index in [9.17, 15) is 18.0 Å². The monoisotopic (exact) mass is 593 g/mol. The Labute approximate surface area is 250 Å². The number of carbonyl (C=O) groups is 1. The van der Waals surface area contributed by atoms with Crippen molar-refractivity contribution in [1.29, 1.82) is 0 Å². The van der Waals surface area contributed by atoms with Crippen LogP contribution in [0.5, 0.6) is 5.88 Å². The molecule has 5 heterocycles. The second-order valence-electron chi connectivity index (χ2n) is 11.8. The summed E-state index contributed by atoms with van der Waals surface area (Å²) in [7, 11) is 0. The number of halogens is 3. The molecule has 1 amide bonds. The molecule has 1 aromatic carbocycles. The SMILES string of the molecule is CCOc1ncccc1-c1ccc2c(n1)C(=O)N(C[C@H]1CCCN1)CC21CCN(c2ccccc2C(F)(F)F)CC1CC. The number of nitrogens with one attached hydrogen (secondary N) is 1. The number of ether oxygens (including phenoxy) is 1. The standard InChI is InChI=1S/C33H38F3N5O2/c1-3-22-19-40(28-12-6-5-11-25(28)33(34,35)36)18-15-32(22)21-41(20-23-9-7-16-37-23)31(42)29-26(32)13-14-27(39-29)24-10-8-17-38-30(24)43-4-2/h5-6,8,10-14,17,22-23,37H,3-4,7,9,15-16,18-21H2,1-2H3/t22?,23-,32?/m1/s1. The average molecular weight is 594 g/mol. The van der Waals surface area contributed by atoms with Crippen molar-refractivity contribution in [2.24, 2.45) is 5.92 Å². The first-order valence-electron chi connectivity index (χ1n) is 15.3. The van der Waals surface area contributed by atoms with Gasteiger partial charge in [0.05, 0.1) is 23.4 Å². The predicted octanol–water partition coefficient (Wildman–Crippen LogP) is 5.94. The summed E-state index contributed by atoms with van der Waals surface area (Å²) in [4.78, 5) is 27.3. The summed E-state index contributed by atoms with van der Waals surface area (Å²) in [5.41, 5.74) is 1.84. The van der Waals surface area contributed by atoms with E-state index in [1.54, 1.807) is 18.3 Å². The summed E-state index contributed by atoms with van der Waals surface area (Å²) in [6.45, 7) is 7.40. The van der Waals surface area contributed by atoms with Gasteiger partial charge in [0.15, 0.2) is 0 Å². The number of aromatic nitrogens is 2. The number of piperidine rings is 1. The number of nitrogens with zero attached hydrogens (tertiary/aromatic N) is 4. The minimum Gasteiger partial charge on any atom is -0.477 e. The summed E-state index contributed by atoms with van der Waals surface area (Å²) in [6.07, 6.45) is 0.680. The summed E-state index contributed by atoms with van der Waals surface area (Å²) in [5.74, 6) is 0.377. The summed E-state index contributed by atoms with van der Waals surface area (Å²) < 4.78 is 47.7. The van der Waals surface area contributed by atoms with Gasteiger partial charge >= 0.3 is 6.18 Å². The first kappa shape index (κ1) is 29.4.